The van der Waals surface area contributed by atoms with Crippen molar-refractivity contribution < 1.29 is 19.5 Å². The summed E-state index contributed by atoms with van der Waals surface area (Å²) in [6, 6.07) is 7.26. The van der Waals surface area contributed by atoms with E-state index in [0.29, 0.717) is 28.7 Å². The number of hydrogen-bond acceptors (Lipinski definition) is 3. The van der Waals surface area contributed by atoms with Gasteiger partial charge in [0, 0.05) is 34.8 Å². The van der Waals surface area contributed by atoms with Gasteiger partial charge in [-0.2, -0.15) is 0 Å². The fourth-order valence-electron chi connectivity index (χ4n) is 2.55. The molecule has 0 radical (unpaired) electrons. The van der Waals surface area contributed by atoms with Crippen molar-refractivity contribution in [2.24, 2.45) is 0 Å². The lowest BCUT2D eigenvalue weighted by atomic mass is 9.83. The largest absolute Gasteiger partial charge is 0.478 e. The Morgan fingerprint density at radius 1 is 1.04 bits per heavy atom. The average molecular weight is 310 g/mol. The zero-order chi connectivity index (χ0) is 17.1. The SMILES string of the molecule is CC1=C(C)C(=O)C(Cc2cccc(/C=C/C(=O)O)c2)=C(C)C1=O. The van der Waals surface area contributed by atoms with Gasteiger partial charge in [-0.05, 0) is 38.0 Å². The summed E-state index contributed by atoms with van der Waals surface area (Å²) >= 11 is 0. The molecular weight excluding hydrogens is 292 g/mol. The number of hydrogen-bond donors (Lipinski definition) is 1. The Hall–Kier alpha value is -2.75. The van der Waals surface area contributed by atoms with Crippen LogP contribution in [0, 0.1) is 0 Å². The Bertz CT molecular complexity index is 791. The molecule has 4 heteroatoms. The molecule has 0 fully saturated rings. The molecule has 2 rings (SSSR count). The number of aliphatic carboxylic acids is 1. The van der Waals surface area contributed by atoms with Crippen LogP contribution in [0.4, 0.5) is 0 Å². The molecule has 1 aromatic rings. The molecule has 4 nitrogen and oxygen atoms in total. The van der Waals surface area contributed by atoms with Crippen molar-refractivity contribution in [3.05, 3.63) is 63.8 Å². The van der Waals surface area contributed by atoms with Crippen LogP contribution in [0.3, 0.4) is 0 Å². The minimum atomic E-state index is -1.02. The van der Waals surface area contributed by atoms with Gasteiger partial charge in [0.25, 0.3) is 0 Å². The number of carboxylic acid groups (broad SMARTS) is 1. The summed E-state index contributed by atoms with van der Waals surface area (Å²) in [7, 11) is 0. The van der Waals surface area contributed by atoms with Crippen molar-refractivity contribution in [3.8, 4) is 0 Å². The second-order valence-corrected chi connectivity index (χ2v) is 5.61. The molecule has 118 valence electrons. The Labute approximate surface area is 134 Å². The van der Waals surface area contributed by atoms with Crippen LogP contribution in [-0.2, 0) is 20.8 Å². The normalized spacial score (nSPS) is 15.8. The van der Waals surface area contributed by atoms with Crippen molar-refractivity contribution in [3.63, 3.8) is 0 Å². The van der Waals surface area contributed by atoms with Crippen LogP contribution >= 0.6 is 0 Å². The molecule has 0 spiro atoms. The van der Waals surface area contributed by atoms with E-state index < -0.39 is 5.97 Å². The first-order valence-corrected chi connectivity index (χ1v) is 7.28. The van der Waals surface area contributed by atoms with Gasteiger partial charge in [0.05, 0.1) is 0 Å². The molecule has 1 aliphatic carbocycles. The molecule has 0 saturated heterocycles. The molecule has 0 aromatic heterocycles. The van der Waals surface area contributed by atoms with E-state index in [1.165, 1.54) is 6.08 Å². The van der Waals surface area contributed by atoms with E-state index >= 15 is 0 Å². The Kier molecular flexibility index (Phi) is 4.74. The third-order valence-corrected chi connectivity index (χ3v) is 4.06. The van der Waals surface area contributed by atoms with E-state index in [4.69, 9.17) is 5.11 Å². The molecule has 0 unspecified atom stereocenters. The summed E-state index contributed by atoms with van der Waals surface area (Å²) in [6.07, 6.45) is 2.92. The zero-order valence-corrected chi connectivity index (χ0v) is 13.3. The maximum absolute atomic E-state index is 12.4. The highest BCUT2D eigenvalue weighted by molar-refractivity contribution is 6.24. The van der Waals surface area contributed by atoms with Gasteiger partial charge in [0.15, 0.2) is 11.6 Å². The van der Waals surface area contributed by atoms with E-state index in [1.807, 2.05) is 12.1 Å². The summed E-state index contributed by atoms with van der Waals surface area (Å²) < 4.78 is 0. The fraction of sp³-hybridized carbons (Fsp3) is 0.211. The van der Waals surface area contributed by atoms with Gasteiger partial charge in [-0.25, -0.2) is 4.79 Å². The average Bonchev–Trinajstić information content (AvgIpc) is 2.53. The first-order chi connectivity index (χ1) is 10.8. The molecule has 0 heterocycles. The molecule has 0 bridgehead atoms. The van der Waals surface area contributed by atoms with Crippen molar-refractivity contribution in [2.75, 3.05) is 0 Å². The Morgan fingerprint density at radius 3 is 2.35 bits per heavy atom. The fourth-order valence-corrected chi connectivity index (χ4v) is 2.55. The van der Waals surface area contributed by atoms with Crippen LogP contribution in [-0.4, -0.2) is 22.6 Å². The van der Waals surface area contributed by atoms with Crippen LogP contribution in [0.15, 0.2) is 52.6 Å². The van der Waals surface area contributed by atoms with E-state index in [-0.39, 0.29) is 11.6 Å². The lowest BCUT2D eigenvalue weighted by molar-refractivity contribution is -0.131. The number of Topliss-reactive ketones (excluding diaryl/α,β-unsaturated/α-hetero) is 2. The van der Waals surface area contributed by atoms with Crippen molar-refractivity contribution in [1.82, 2.24) is 0 Å². The molecule has 0 aliphatic heterocycles. The zero-order valence-electron chi connectivity index (χ0n) is 13.3. The minimum Gasteiger partial charge on any atom is -0.478 e. The van der Waals surface area contributed by atoms with Crippen LogP contribution in [0.1, 0.15) is 31.9 Å². The van der Waals surface area contributed by atoms with Gasteiger partial charge >= 0.3 is 5.97 Å². The second-order valence-electron chi connectivity index (χ2n) is 5.61. The molecule has 1 aliphatic rings. The second kappa shape index (κ2) is 6.57. The van der Waals surface area contributed by atoms with Gasteiger partial charge in [0.2, 0.25) is 0 Å². The van der Waals surface area contributed by atoms with Crippen LogP contribution < -0.4 is 0 Å². The monoisotopic (exact) mass is 310 g/mol. The molecule has 0 amide bonds. The van der Waals surface area contributed by atoms with Gasteiger partial charge in [-0.3, -0.25) is 9.59 Å². The Morgan fingerprint density at radius 2 is 1.70 bits per heavy atom. The summed E-state index contributed by atoms with van der Waals surface area (Å²) in [6.45, 7) is 5.03. The quantitative estimate of drug-likeness (QED) is 0.685. The number of allylic oxidation sites excluding steroid dienone is 4. The maximum Gasteiger partial charge on any atom is 0.328 e. The standard InChI is InChI=1S/C19H18O4/c1-11-12(2)19(23)16(13(3)18(11)22)10-15-6-4-5-14(9-15)7-8-17(20)21/h4-9H,10H2,1-3H3,(H,20,21)/b8-7+. The van der Waals surface area contributed by atoms with E-state index in [1.54, 1.807) is 32.9 Å². The van der Waals surface area contributed by atoms with E-state index in [0.717, 1.165) is 17.2 Å². The van der Waals surface area contributed by atoms with E-state index in [9.17, 15) is 14.4 Å². The predicted molar refractivity (Wildman–Crippen MR) is 87.9 cm³/mol. The smallest absolute Gasteiger partial charge is 0.328 e. The van der Waals surface area contributed by atoms with Crippen LogP contribution in [0.25, 0.3) is 6.08 Å². The molecule has 0 saturated carbocycles. The molecule has 1 N–H and O–H groups in total. The third kappa shape index (κ3) is 3.54. The predicted octanol–water partition coefficient (Wildman–Crippen LogP) is 3.13. The minimum absolute atomic E-state index is 0.0842. The number of benzene rings is 1. The lowest BCUT2D eigenvalue weighted by Crippen LogP contribution is -2.21. The summed E-state index contributed by atoms with van der Waals surface area (Å²) in [5.41, 5.74) is 3.61. The first-order valence-electron chi connectivity index (χ1n) is 7.28. The van der Waals surface area contributed by atoms with Crippen LogP contribution in [0.5, 0.6) is 0 Å². The molecule has 0 atom stereocenters. The maximum atomic E-state index is 12.4. The number of rotatable bonds is 4. The summed E-state index contributed by atoms with van der Waals surface area (Å²) in [5, 5.41) is 8.68. The van der Waals surface area contributed by atoms with Gasteiger partial charge < -0.3 is 5.11 Å². The summed E-state index contributed by atoms with van der Waals surface area (Å²) in [5.74, 6) is -1.19. The molecular formula is C19H18O4. The number of carbonyl (C=O) groups excluding carboxylic acids is 2. The van der Waals surface area contributed by atoms with Crippen molar-refractivity contribution in [2.45, 2.75) is 27.2 Å². The third-order valence-electron chi connectivity index (χ3n) is 4.06. The first kappa shape index (κ1) is 16.6. The topological polar surface area (TPSA) is 71.4 Å². The highest BCUT2D eigenvalue weighted by atomic mass is 16.4. The highest BCUT2D eigenvalue weighted by Crippen LogP contribution is 2.26. The number of carbonyl (C=O) groups is 3. The molecule has 23 heavy (non-hydrogen) atoms. The van der Waals surface area contributed by atoms with Crippen molar-refractivity contribution in [1.29, 1.82) is 0 Å². The van der Waals surface area contributed by atoms with Crippen LogP contribution in [0.2, 0.25) is 0 Å². The summed E-state index contributed by atoms with van der Waals surface area (Å²) in [4.78, 5) is 35.2. The number of ketones is 2. The molecule has 1 aromatic carbocycles. The Balaban J connectivity index is 2.32. The van der Waals surface area contributed by atoms with Gasteiger partial charge in [0.1, 0.15) is 0 Å². The number of carboxylic acids is 1. The lowest BCUT2D eigenvalue weighted by Gasteiger charge is -2.18. The van der Waals surface area contributed by atoms with Crippen molar-refractivity contribution >= 4 is 23.6 Å². The highest BCUT2D eigenvalue weighted by Gasteiger charge is 2.27. The van der Waals surface area contributed by atoms with E-state index in [2.05, 4.69) is 0 Å². The van der Waals surface area contributed by atoms with Gasteiger partial charge in [-0.1, -0.05) is 24.3 Å². The van der Waals surface area contributed by atoms with Gasteiger partial charge in [-0.15, -0.1) is 0 Å².